The minimum atomic E-state index is -3.88. The van der Waals surface area contributed by atoms with Crippen molar-refractivity contribution >= 4 is 25.5 Å². The molecule has 8 heteroatoms. The van der Waals surface area contributed by atoms with Gasteiger partial charge in [-0.25, -0.2) is 22.0 Å². The van der Waals surface area contributed by atoms with E-state index in [1.165, 1.54) is 43.3 Å². The molecule has 0 aliphatic heterocycles. The van der Waals surface area contributed by atoms with Gasteiger partial charge in [-0.1, -0.05) is 6.07 Å². The van der Waals surface area contributed by atoms with Crippen molar-refractivity contribution in [2.75, 3.05) is 5.73 Å². The van der Waals surface area contributed by atoms with Crippen molar-refractivity contribution in [3.05, 3.63) is 48.0 Å². The minimum Gasteiger partial charge on any atom is -0.399 e. The van der Waals surface area contributed by atoms with Crippen LogP contribution in [-0.2, 0) is 19.9 Å². The number of anilines is 1. The van der Waals surface area contributed by atoms with Gasteiger partial charge in [0.2, 0.25) is 19.9 Å². The van der Waals surface area contributed by atoms with Gasteiger partial charge in [-0.05, 0) is 48.9 Å². The molecule has 0 heterocycles. The normalized spacial score (nSPS) is 12.3. The van der Waals surface area contributed by atoms with Crippen LogP contribution in [0.25, 0.3) is 0 Å². The fourth-order valence-corrected chi connectivity index (χ4v) is 4.09. The van der Waals surface area contributed by atoms with Gasteiger partial charge in [0.1, 0.15) is 0 Å². The average Bonchev–Trinajstić information content (AvgIpc) is 2.37. The highest BCUT2D eigenvalue weighted by Gasteiger charge is 2.20. The molecule has 21 heavy (non-hydrogen) atoms. The minimum absolute atomic E-state index is 0.0157. The highest BCUT2D eigenvalue weighted by molar-refractivity contribution is 7.91. The Labute approximate surface area is 123 Å². The number of aryl methyl sites for hydroxylation is 1. The van der Waals surface area contributed by atoms with Crippen LogP contribution >= 0.6 is 0 Å². The number of rotatable bonds is 3. The van der Waals surface area contributed by atoms with Crippen LogP contribution in [0.2, 0.25) is 0 Å². The number of hydrogen-bond donors (Lipinski definition) is 2. The van der Waals surface area contributed by atoms with E-state index in [0.717, 1.165) is 0 Å². The Hall–Kier alpha value is -1.90. The van der Waals surface area contributed by atoms with Gasteiger partial charge in [-0.15, -0.1) is 0 Å². The molecule has 2 rings (SSSR count). The van der Waals surface area contributed by atoms with E-state index in [4.69, 9.17) is 10.9 Å². The lowest BCUT2D eigenvalue weighted by molar-refractivity contribution is 0.592. The van der Waals surface area contributed by atoms with Crippen molar-refractivity contribution in [1.29, 1.82) is 0 Å². The zero-order chi connectivity index (χ0) is 15.8. The van der Waals surface area contributed by atoms with Crippen molar-refractivity contribution < 1.29 is 16.8 Å². The number of sulfonamides is 1. The molecule has 112 valence electrons. The van der Waals surface area contributed by atoms with Crippen LogP contribution in [0.5, 0.6) is 0 Å². The summed E-state index contributed by atoms with van der Waals surface area (Å²) < 4.78 is 47.6. The van der Waals surface area contributed by atoms with Crippen LogP contribution in [0.4, 0.5) is 5.69 Å². The van der Waals surface area contributed by atoms with E-state index in [1.54, 1.807) is 6.07 Å². The molecule has 0 saturated heterocycles. The quantitative estimate of drug-likeness (QED) is 0.817. The highest BCUT2D eigenvalue weighted by Crippen LogP contribution is 2.25. The molecule has 0 aliphatic rings. The Kier molecular flexibility index (Phi) is 3.79. The summed E-state index contributed by atoms with van der Waals surface area (Å²) >= 11 is 0. The number of hydrogen-bond acceptors (Lipinski definition) is 5. The Morgan fingerprint density at radius 3 is 2.05 bits per heavy atom. The van der Waals surface area contributed by atoms with Crippen LogP contribution < -0.4 is 10.9 Å². The number of sulfone groups is 1. The second kappa shape index (κ2) is 5.14. The maximum absolute atomic E-state index is 12.5. The van der Waals surface area contributed by atoms with Crippen molar-refractivity contribution in [3.8, 4) is 0 Å². The molecule has 0 aromatic heterocycles. The van der Waals surface area contributed by atoms with Crippen LogP contribution in [0.3, 0.4) is 0 Å². The molecule has 0 spiro atoms. The first-order valence-corrected chi connectivity index (χ1v) is 8.89. The van der Waals surface area contributed by atoms with E-state index in [2.05, 4.69) is 0 Å². The summed E-state index contributed by atoms with van der Waals surface area (Å²) in [5.41, 5.74) is 6.18. The molecule has 0 atom stereocenters. The third-order valence-corrected chi connectivity index (χ3v) is 5.75. The third kappa shape index (κ3) is 3.07. The van der Waals surface area contributed by atoms with E-state index in [1.807, 2.05) is 0 Å². The molecule has 0 aliphatic carbocycles. The van der Waals surface area contributed by atoms with Gasteiger partial charge in [0.25, 0.3) is 0 Å². The molecular weight excluding hydrogens is 312 g/mol. The molecule has 2 aromatic carbocycles. The predicted octanol–water partition coefficient (Wildman–Crippen LogP) is 1.06. The summed E-state index contributed by atoms with van der Waals surface area (Å²) in [4.78, 5) is -0.0720. The first-order chi connectivity index (χ1) is 9.62. The molecule has 0 bridgehead atoms. The van der Waals surface area contributed by atoms with E-state index < -0.39 is 19.9 Å². The molecule has 4 N–H and O–H groups in total. The van der Waals surface area contributed by atoms with Crippen molar-refractivity contribution in [2.24, 2.45) is 5.14 Å². The Balaban J connectivity index is 2.60. The SMILES string of the molecule is Cc1cc(S(=O)(=O)c2cccc(N)c2)ccc1S(N)(=O)=O. The van der Waals surface area contributed by atoms with Gasteiger partial charge in [0, 0.05) is 5.69 Å². The predicted molar refractivity (Wildman–Crippen MR) is 78.9 cm³/mol. The molecule has 0 fully saturated rings. The number of nitrogens with two attached hydrogens (primary N) is 2. The summed E-state index contributed by atoms with van der Waals surface area (Å²) in [5.74, 6) is 0. The lowest BCUT2D eigenvalue weighted by Gasteiger charge is -2.08. The lowest BCUT2D eigenvalue weighted by Crippen LogP contribution is -2.14. The lowest BCUT2D eigenvalue weighted by atomic mass is 10.2. The number of benzene rings is 2. The molecule has 0 unspecified atom stereocenters. The summed E-state index contributed by atoms with van der Waals surface area (Å²) in [5, 5.41) is 5.05. The van der Waals surface area contributed by atoms with E-state index >= 15 is 0 Å². The fourth-order valence-electron chi connectivity index (χ4n) is 1.93. The van der Waals surface area contributed by atoms with E-state index in [9.17, 15) is 16.8 Å². The topological polar surface area (TPSA) is 120 Å². The van der Waals surface area contributed by atoms with Crippen LogP contribution in [-0.4, -0.2) is 16.8 Å². The number of primary sulfonamides is 1. The van der Waals surface area contributed by atoms with Crippen LogP contribution in [0, 0.1) is 6.92 Å². The molecule has 0 radical (unpaired) electrons. The van der Waals surface area contributed by atoms with Gasteiger partial charge in [-0.2, -0.15) is 0 Å². The van der Waals surface area contributed by atoms with Gasteiger partial charge < -0.3 is 5.73 Å². The largest absolute Gasteiger partial charge is 0.399 e. The van der Waals surface area contributed by atoms with Gasteiger partial charge in [-0.3, -0.25) is 0 Å². The first kappa shape index (κ1) is 15.5. The maximum atomic E-state index is 12.5. The molecule has 0 saturated carbocycles. The second-order valence-electron chi connectivity index (χ2n) is 4.55. The standard InChI is InChI=1S/C13H14N2O4S2/c1-9-7-12(5-6-13(9)21(15,18)19)20(16,17)11-4-2-3-10(14)8-11/h2-8H,14H2,1H3,(H2,15,18,19). The summed E-state index contributed by atoms with van der Waals surface area (Å²) in [6.07, 6.45) is 0. The molecule has 6 nitrogen and oxygen atoms in total. The smallest absolute Gasteiger partial charge is 0.238 e. The zero-order valence-corrected chi connectivity index (χ0v) is 12.8. The molecule has 2 aromatic rings. The van der Waals surface area contributed by atoms with Crippen molar-refractivity contribution in [2.45, 2.75) is 21.6 Å². The zero-order valence-electron chi connectivity index (χ0n) is 11.1. The first-order valence-electron chi connectivity index (χ1n) is 5.86. The Bertz CT molecular complexity index is 904. The second-order valence-corrected chi connectivity index (χ2v) is 8.03. The van der Waals surface area contributed by atoms with Crippen LogP contribution in [0.15, 0.2) is 57.2 Å². The molecule has 0 amide bonds. The third-order valence-electron chi connectivity index (χ3n) is 2.93. The average molecular weight is 326 g/mol. The van der Waals surface area contributed by atoms with Gasteiger partial charge >= 0.3 is 0 Å². The Morgan fingerprint density at radius 2 is 1.52 bits per heavy atom. The van der Waals surface area contributed by atoms with Crippen LogP contribution in [0.1, 0.15) is 5.56 Å². The Morgan fingerprint density at radius 1 is 0.905 bits per heavy atom. The summed E-state index contributed by atoms with van der Waals surface area (Å²) in [6.45, 7) is 1.48. The van der Waals surface area contributed by atoms with Crippen molar-refractivity contribution in [3.63, 3.8) is 0 Å². The fraction of sp³-hybridized carbons (Fsp3) is 0.0769. The monoisotopic (exact) mass is 326 g/mol. The summed E-state index contributed by atoms with van der Waals surface area (Å²) in [6, 6.07) is 9.56. The maximum Gasteiger partial charge on any atom is 0.238 e. The van der Waals surface area contributed by atoms with Crippen molar-refractivity contribution in [1.82, 2.24) is 0 Å². The molecular formula is C13H14N2O4S2. The summed E-state index contributed by atoms with van der Waals surface area (Å²) in [7, 11) is -7.64. The van der Waals surface area contributed by atoms with E-state index in [-0.39, 0.29) is 20.2 Å². The van der Waals surface area contributed by atoms with Gasteiger partial charge in [0.15, 0.2) is 0 Å². The van der Waals surface area contributed by atoms with Gasteiger partial charge in [0.05, 0.1) is 14.7 Å². The highest BCUT2D eigenvalue weighted by atomic mass is 32.2. The van der Waals surface area contributed by atoms with E-state index in [0.29, 0.717) is 5.69 Å². The number of nitrogen functional groups attached to an aromatic ring is 1.